The highest BCUT2D eigenvalue weighted by Gasteiger charge is 2.39. The van der Waals surface area contributed by atoms with Crippen LogP contribution in [0.15, 0.2) is 0 Å². The van der Waals surface area contributed by atoms with Crippen LogP contribution in [0.3, 0.4) is 0 Å². The van der Waals surface area contributed by atoms with E-state index in [2.05, 4.69) is 5.32 Å². The molecule has 7 heteroatoms. The molecular formula is C10H18N2O4S. The molecule has 1 atom stereocenters. The van der Waals surface area contributed by atoms with Crippen molar-refractivity contribution in [3.63, 3.8) is 0 Å². The van der Waals surface area contributed by atoms with Gasteiger partial charge in [0.1, 0.15) is 0 Å². The van der Waals surface area contributed by atoms with Gasteiger partial charge in [0, 0.05) is 18.6 Å². The van der Waals surface area contributed by atoms with Gasteiger partial charge in [-0.15, -0.1) is 0 Å². The van der Waals surface area contributed by atoms with E-state index in [1.54, 1.807) is 0 Å². The fourth-order valence-electron chi connectivity index (χ4n) is 2.22. The fraction of sp³-hybridized carbons (Fsp3) is 0.900. The van der Waals surface area contributed by atoms with E-state index in [9.17, 15) is 13.2 Å². The maximum absolute atomic E-state index is 11.9. The van der Waals surface area contributed by atoms with Gasteiger partial charge in [-0.05, 0) is 32.2 Å². The Bertz CT molecular complexity index is 385. The van der Waals surface area contributed by atoms with Crippen molar-refractivity contribution in [2.24, 2.45) is 0 Å². The van der Waals surface area contributed by atoms with Gasteiger partial charge in [0.15, 0.2) is 5.75 Å². The second kappa shape index (κ2) is 4.91. The summed E-state index contributed by atoms with van der Waals surface area (Å²) in [6.45, 7) is 1.34. The van der Waals surface area contributed by atoms with Crippen molar-refractivity contribution in [3.8, 4) is 0 Å². The molecule has 2 aliphatic rings. The molecule has 1 aliphatic heterocycles. The van der Waals surface area contributed by atoms with Gasteiger partial charge in [-0.2, -0.15) is 4.31 Å². The van der Waals surface area contributed by atoms with Crippen molar-refractivity contribution in [1.82, 2.24) is 9.62 Å². The zero-order valence-corrected chi connectivity index (χ0v) is 10.4. The highest BCUT2D eigenvalue weighted by atomic mass is 32.2. The number of carboxylic acid groups (broad SMARTS) is 1. The standard InChI is InChI=1S/C10H18N2O4S/c13-10(14)7-17(15,16)12(9-3-4-9)6-8-2-1-5-11-8/h8-9,11H,1-7H2,(H,13,14). The van der Waals surface area contributed by atoms with Crippen LogP contribution < -0.4 is 5.32 Å². The summed E-state index contributed by atoms with van der Waals surface area (Å²) in [6.07, 6.45) is 3.73. The molecule has 0 bridgehead atoms. The largest absolute Gasteiger partial charge is 0.480 e. The first-order valence-electron chi connectivity index (χ1n) is 5.94. The SMILES string of the molecule is O=C(O)CS(=O)(=O)N(CC1CCCN1)C1CC1. The normalized spacial score (nSPS) is 25.4. The average molecular weight is 262 g/mol. The van der Waals surface area contributed by atoms with Crippen molar-refractivity contribution in [3.05, 3.63) is 0 Å². The van der Waals surface area contributed by atoms with Gasteiger partial charge in [0.25, 0.3) is 0 Å². The summed E-state index contributed by atoms with van der Waals surface area (Å²) in [6, 6.07) is 0.209. The number of hydrogen-bond donors (Lipinski definition) is 2. The maximum Gasteiger partial charge on any atom is 0.320 e. The van der Waals surface area contributed by atoms with Gasteiger partial charge in [-0.25, -0.2) is 8.42 Å². The lowest BCUT2D eigenvalue weighted by Gasteiger charge is -2.24. The molecule has 0 radical (unpaired) electrons. The molecule has 0 aromatic heterocycles. The molecule has 2 rings (SSSR count). The molecule has 1 unspecified atom stereocenters. The number of carbonyl (C=O) groups is 1. The number of rotatable bonds is 6. The molecule has 1 saturated heterocycles. The summed E-state index contributed by atoms with van der Waals surface area (Å²) in [5.41, 5.74) is 0. The molecule has 0 aromatic rings. The van der Waals surface area contributed by atoms with E-state index < -0.39 is 21.7 Å². The molecule has 98 valence electrons. The minimum atomic E-state index is -3.65. The third kappa shape index (κ3) is 3.40. The van der Waals surface area contributed by atoms with E-state index >= 15 is 0 Å². The maximum atomic E-state index is 11.9. The van der Waals surface area contributed by atoms with Crippen LogP contribution in [-0.2, 0) is 14.8 Å². The summed E-state index contributed by atoms with van der Waals surface area (Å²) in [5.74, 6) is -2.08. The van der Waals surface area contributed by atoms with E-state index in [4.69, 9.17) is 5.11 Å². The summed E-state index contributed by atoms with van der Waals surface area (Å²) >= 11 is 0. The molecule has 0 amide bonds. The molecule has 0 aromatic carbocycles. The zero-order chi connectivity index (χ0) is 12.5. The molecule has 1 aliphatic carbocycles. The predicted octanol–water partition coefficient (Wildman–Crippen LogP) is -0.383. The van der Waals surface area contributed by atoms with Crippen LogP contribution in [0.25, 0.3) is 0 Å². The lowest BCUT2D eigenvalue weighted by atomic mass is 10.2. The number of carboxylic acids is 1. The van der Waals surface area contributed by atoms with Crippen LogP contribution in [-0.4, -0.2) is 54.7 Å². The van der Waals surface area contributed by atoms with E-state index in [0.29, 0.717) is 6.54 Å². The first kappa shape index (κ1) is 12.8. The Morgan fingerprint density at radius 2 is 2.06 bits per heavy atom. The van der Waals surface area contributed by atoms with Crippen molar-refractivity contribution < 1.29 is 18.3 Å². The third-order valence-electron chi connectivity index (χ3n) is 3.18. The van der Waals surface area contributed by atoms with E-state index in [1.807, 2.05) is 0 Å². The summed E-state index contributed by atoms with van der Waals surface area (Å²) in [7, 11) is -3.65. The average Bonchev–Trinajstić information content (AvgIpc) is 2.90. The molecule has 2 fully saturated rings. The van der Waals surface area contributed by atoms with Crippen LogP contribution in [0.1, 0.15) is 25.7 Å². The molecule has 1 heterocycles. The van der Waals surface area contributed by atoms with Crippen LogP contribution in [0.2, 0.25) is 0 Å². The van der Waals surface area contributed by atoms with E-state index in [-0.39, 0.29) is 12.1 Å². The van der Waals surface area contributed by atoms with Crippen LogP contribution in [0.5, 0.6) is 0 Å². The summed E-state index contributed by atoms with van der Waals surface area (Å²) in [4.78, 5) is 10.6. The number of hydrogen-bond acceptors (Lipinski definition) is 4. The van der Waals surface area contributed by atoms with Crippen molar-refractivity contribution in [1.29, 1.82) is 0 Å². The van der Waals surface area contributed by atoms with Gasteiger partial charge in [-0.1, -0.05) is 0 Å². The Morgan fingerprint density at radius 3 is 2.53 bits per heavy atom. The molecule has 6 nitrogen and oxygen atoms in total. The smallest absolute Gasteiger partial charge is 0.320 e. The van der Waals surface area contributed by atoms with Crippen LogP contribution >= 0.6 is 0 Å². The summed E-state index contributed by atoms with van der Waals surface area (Å²) in [5, 5.41) is 11.9. The fourth-order valence-corrected chi connectivity index (χ4v) is 3.77. The van der Waals surface area contributed by atoms with E-state index in [1.165, 1.54) is 4.31 Å². The van der Waals surface area contributed by atoms with Crippen LogP contribution in [0, 0.1) is 0 Å². The predicted molar refractivity (Wildman–Crippen MR) is 62.2 cm³/mol. The second-order valence-electron chi connectivity index (χ2n) is 4.74. The number of nitrogens with one attached hydrogen (secondary N) is 1. The highest BCUT2D eigenvalue weighted by molar-refractivity contribution is 7.89. The van der Waals surface area contributed by atoms with Crippen molar-refractivity contribution in [2.45, 2.75) is 37.8 Å². The van der Waals surface area contributed by atoms with Gasteiger partial charge in [0.05, 0.1) is 0 Å². The molecular weight excluding hydrogens is 244 g/mol. The van der Waals surface area contributed by atoms with Crippen LogP contribution in [0.4, 0.5) is 0 Å². The van der Waals surface area contributed by atoms with Gasteiger partial charge < -0.3 is 10.4 Å². The molecule has 2 N–H and O–H groups in total. The molecule has 17 heavy (non-hydrogen) atoms. The van der Waals surface area contributed by atoms with Crippen molar-refractivity contribution >= 4 is 16.0 Å². The Labute approximate surface area is 101 Å². The van der Waals surface area contributed by atoms with Crippen molar-refractivity contribution in [2.75, 3.05) is 18.8 Å². The first-order valence-corrected chi connectivity index (χ1v) is 7.54. The second-order valence-corrected chi connectivity index (χ2v) is 6.67. The molecule has 0 spiro atoms. The number of nitrogens with zero attached hydrogens (tertiary/aromatic N) is 1. The summed E-state index contributed by atoms with van der Waals surface area (Å²) < 4.78 is 25.2. The number of sulfonamides is 1. The van der Waals surface area contributed by atoms with Gasteiger partial charge in [0.2, 0.25) is 10.0 Å². The topological polar surface area (TPSA) is 86.7 Å². The minimum Gasteiger partial charge on any atom is -0.480 e. The first-order chi connectivity index (χ1) is 7.99. The Morgan fingerprint density at radius 1 is 1.35 bits per heavy atom. The Hall–Kier alpha value is -0.660. The molecule has 1 saturated carbocycles. The van der Waals surface area contributed by atoms with Gasteiger partial charge in [-0.3, -0.25) is 4.79 Å². The minimum absolute atomic E-state index is 0.0294. The van der Waals surface area contributed by atoms with E-state index in [0.717, 1.165) is 32.2 Å². The quantitative estimate of drug-likeness (QED) is 0.681. The Kier molecular flexibility index (Phi) is 3.70. The Balaban J connectivity index is 2.03. The number of aliphatic carboxylic acids is 1. The lowest BCUT2D eigenvalue weighted by Crippen LogP contribution is -2.44. The third-order valence-corrected chi connectivity index (χ3v) is 4.95. The monoisotopic (exact) mass is 262 g/mol. The lowest BCUT2D eigenvalue weighted by molar-refractivity contribution is -0.134. The van der Waals surface area contributed by atoms with Gasteiger partial charge >= 0.3 is 5.97 Å². The highest BCUT2D eigenvalue weighted by Crippen LogP contribution is 2.30. The zero-order valence-electron chi connectivity index (χ0n) is 9.63.